The molecule has 1 N–H and O–H groups in total. The molecule has 0 aliphatic heterocycles. The maximum absolute atomic E-state index is 9.91. The zero-order chi connectivity index (χ0) is 11.3. The lowest BCUT2D eigenvalue weighted by Gasteiger charge is -2.32. The molecule has 90 valence electrons. The van der Waals surface area contributed by atoms with Crippen molar-refractivity contribution < 1.29 is 5.11 Å². The van der Waals surface area contributed by atoms with Gasteiger partial charge >= 0.3 is 0 Å². The van der Waals surface area contributed by atoms with Gasteiger partial charge in [-0.1, -0.05) is 33.6 Å². The van der Waals surface area contributed by atoms with E-state index >= 15 is 0 Å². The Labute approximate surface area is 94.7 Å². The lowest BCUT2D eigenvalue weighted by molar-refractivity contribution is 0.0629. The monoisotopic (exact) mass is 213 g/mol. The molecule has 0 amide bonds. The summed E-state index contributed by atoms with van der Waals surface area (Å²) in [4.78, 5) is 2.50. The van der Waals surface area contributed by atoms with Gasteiger partial charge in [0.1, 0.15) is 0 Å². The van der Waals surface area contributed by atoms with Crippen LogP contribution in [0.2, 0.25) is 0 Å². The van der Waals surface area contributed by atoms with Crippen LogP contribution in [0.25, 0.3) is 0 Å². The number of hydrogen-bond donors (Lipinski definition) is 1. The first kappa shape index (κ1) is 13.0. The Balaban J connectivity index is 2.47. The first-order valence-electron chi connectivity index (χ1n) is 6.64. The fraction of sp³-hybridized carbons (Fsp3) is 1.00. The van der Waals surface area contributed by atoms with Gasteiger partial charge in [0, 0.05) is 12.6 Å². The van der Waals surface area contributed by atoms with Crippen molar-refractivity contribution in [1.82, 2.24) is 4.90 Å². The number of hydrogen-bond acceptors (Lipinski definition) is 2. The smallest absolute Gasteiger partial charge is 0.0695 e. The molecule has 0 spiro atoms. The van der Waals surface area contributed by atoms with Gasteiger partial charge in [0.2, 0.25) is 0 Å². The molecule has 0 radical (unpaired) electrons. The molecule has 15 heavy (non-hydrogen) atoms. The molecule has 1 saturated carbocycles. The zero-order valence-electron chi connectivity index (χ0n) is 10.6. The summed E-state index contributed by atoms with van der Waals surface area (Å²) >= 11 is 0. The maximum atomic E-state index is 9.91. The lowest BCUT2D eigenvalue weighted by atomic mass is 10.0. The number of likely N-dealkylation sites (N-methyl/N-ethyl adjacent to an activating group) is 1. The van der Waals surface area contributed by atoms with Gasteiger partial charge in [-0.3, -0.25) is 4.90 Å². The van der Waals surface area contributed by atoms with E-state index in [1.165, 1.54) is 32.2 Å². The Morgan fingerprint density at radius 3 is 2.27 bits per heavy atom. The third kappa shape index (κ3) is 3.46. The summed E-state index contributed by atoms with van der Waals surface area (Å²) in [7, 11) is 0. The predicted molar refractivity (Wildman–Crippen MR) is 65.0 cm³/mol. The van der Waals surface area contributed by atoms with Crippen molar-refractivity contribution in [3.8, 4) is 0 Å². The van der Waals surface area contributed by atoms with Crippen LogP contribution in [-0.4, -0.2) is 35.2 Å². The minimum Gasteiger partial charge on any atom is -0.391 e. The van der Waals surface area contributed by atoms with Crippen molar-refractivity contribution in [2.24, 2.45) is 5.92 Å². The third-order valence-electron chi connectivity index (χ3n) is 3.97. The van der Waals surface area contributed by atoms with Gasteiger partial charge < -0.3 is 5.11 Å². The molecular weight excluding hydrogens is 186 g/mol. The minimum atomic E-state index is -0.0701. The van der Waals surface area contributed by atoms with Gasteiger partial charge in [0.25, 0.3) is 0 Å². The summed E-state index contributed by atoms with van der Waals surface area (Å²) in [6.07, 6.45) is 5.84. The molecule has 0 aromatic rings. The number of nitrogens with zero attached hydrogens (tertiary/aromatic N) is 1. The van der Waals surface area contributed by atoms with Crippen LogP contribution in [0.3, 0.4) is 0 Å². The van der Waals surface area contributed by atoms with E-state index in [-0.39, 0.29) is 6.10 Å². The van der Waals surface area contributed by atoms with Crippen molar-refractivity contribution in [1.29, 1.82) is 0 Å². The van der Waals surface area contributed by atoms with E-state index in [2.05, 4.69) is 25.7 Å². The highest BCUT2D eigenvalue weighted by Crippen LogP contribution is 2.25. The largest absolute Gasteiger partial charge is 0.391 e. The van der Waals surface area contributed by atoms with Crippen LogP contribution in [0.4, 0.5) is 0 Å². The van der Waals surface area contributed by atoms with Gasteiger partial charge in [-0.2, -0.15) is 0 Å². The highest BCUT2D eigenvalue weighted by Gasteiger charge is 2.30. The lowest BCUT2D eigenvalue weighted by Crippen LogP contribution is -2.42. The van der Waals surface area contributed by atoms with E-state index in [1.54, 1.807) is 0 Å². The molecule has 0 saturated heterocycles. The van der Waals surface area contributed by atoms with E-state index in [0.717, 1.165) is 18.9 Å². The van der Waals surface area contributed by atoms with Crippen molar-refractivity contribution in [3.63, 3.8) is 0 Å². The number of aliphatic hydroxyl groups is 1. The molecule has 0 heterocycles. The molecule has 2 heteroatoms. The number of aliphatic hydroxyl groups excluding tert-OH is 1. The number of rotatable bonds is 6. The first-order chi connectivity index (χ1) is 7.22. The van der Waals surface area contributed by atoms with Crippen LogP contribution in [0, 0.1) is 5.92 Å². The quantitative estimate of drug-likeness (QED) is 0.733. The molecule has 1 aliphatic carbocycles. The molecule has 2 atom stereocenters. The SMILES string of the molecule is CCC(CC)CN(CC)[C@@H]1CCC[C@H]1O. The summed E-state index contributed by atoms with van der Waals surface area (Å²) in [5, 5.41) is 9.91. The van der Waals surface area contributed by atoms with Gasteiger partial charge in [-0.15, -0.1) is 0 Å². The minimum absolute atomic E-state index is 0.0701. The molecule has 0 aromatic carbocycles. The molecule has 0 bridgehead atoms. The average Bonchev–Trinajstić information content (AvgIpc) is 2.67. The molecule has 0 unspecified atom stereocenters. The second-order valence-electron chi connectivity index (χ2n) is 4.84. The molecule has 1 fully saturated rings. The Morgan fingerprint density at radius 1 is 1.20 bits per heavy atom. The standard InChI is InChI=1S/C13H27NO/c1-4-11(5-2)10-14(6-3)12-8-7-9-13(12)15/h11-13,15H,4-10H2,1-3H3/t12-,13-/m1/s1. The maximum Gasteiger partial charge on any atom is 0.0695 e. The van der Waals surface area contributed by atoms with E-state index < -0.39 is 0 Å². The Bertz CT molecular complexity index is 168. The summed E-state index contributed by atoms with van der Waals surface area (Å²) in [6.45, 7) is 9.01. The van der Waals surface area contributed by atoms with Crippen LogP contribution < -0.4 is 0 Å². The van der Waals surface area contributed by atoms with Gasteiger partial charge in [0.05, 0.1) is 6.10 Å². The Morgan fingerprint density at radius 2 is 1.87 bits per heavy atom. The van der Waals surface area contributed by atoms with Crippen LogP contribution in [-0.2, 0) is 0 Å². The van der Waals surface area contributed by atoms with Crippen LogP contribution in [0.1, 0.15) is 52.9 Å². The van der Waals surface area contributed by atoms with E-state index in [0.29, 0.717) is 6.04 Å². The summed E-state index contributed by atoms with van der Waals surface area (Å²) in [5.41, 5.74) is 0. The van der Waals surface area contributed by atoms with Gasteiger partial charge in [-0.05, 0) is 31.7 Å². The molecule has 1 rings (SSSR count). The highest BCUT2D eigenvalue weighted by molar-refractivity contribution is 4.85. The van der Waals surface area contributed by atoms with Crippen LogP contribution in [0.15, 0.2) is 0 Å². The molecule has 2 nitrogen and oxygen atoms in total. The normalized spacial score (nSPS) is 26.8. The average molecular weight is 213 g/mol. The highest BCUT2D eigenvalue weighted by atomic mass is 16.3. The van der Waals surface area contributed by atoms with Crippen molar-refractivity contribution in [2.75, 3.05) is 13.1 Å². The first-order valence-corrected chi connectivity index (χ1v) is 6.64. The second kappa shape index (κ2) is 6.49. The molecular formula is C13H27NO. The third-order valence-corrected chi connectivity index (χ3v) is 3.97. The van der Waals surface area contributed by atoms with Crippen LogP contribution >= 0.6 is 0 Å². The summed E-state index contributed by atoms with van der Waals surface area (Å²) < 4.78 is 0. The van der Waals surface area contributed by atoms with Crippen molar-refractivity contribution >= 4 is 0 Å². The van der Waals surface area contributed by atoms with Crippen molar-refractivity contribution in [3.05, 3.63) is 0 Å². The fourth-order valence-corrected chi connectivity index (χ4v) is 2.72. The van der Waals surface area contributed by atoms with E-state index in [9.17, 15) is 5.11 Å². The zero-order valence-corrected chi connectivity index (χ0v) is 10.6. The van der Waals surface area contributed by atoms with E-state index in [1.807, 2.05) is 0 Å². The topological polar surface area (TPSA) is 23.5 Å². The molecule has 0 aromatic heterocycles. The Kier molecular flexibility index (Phi) is 5.62. The van der Waals surface area contributed by atoms with Crippen molar-refractivity contribution in [2.45, 2.75) is 65.0 Å². The molecule has 1 aliphatic rings. The van der Waals surface area contributed by atoms with Gasteiger partial charge in [0.15, 0.2) is 0 Å². The summed E-state index contributed by atoms with van der Waals surface area (Å²) in [6, 6.07) is 0.440. The summed E-state index contributed by atoms with van der Waals surface area (Å²) in [5.74, 6) is 0.803. The predicted octanol–water partition coefficient (Wildman–Crippen LogP) is 2.66. The fourth-order valence-electron chi connectivity index (χ4n) is 2.72. The second-order valence-corrected chi connectivity index (χ2v) is 4.84. The van der Waals surface area contributed by atoms with Gasteiger partial charge in [-0.25, -0.2) is 0 Å². The Hall–Kier alpha value is -0.0800. The van der Waals surface area contributed by atoms with E-state index in [4.69, 9.17) is 0 Å². The van der Waals surface area contributed by atoms with Crippen LogP contribution in [0.5, 0.6) is 0 Å².